The van der Waals surface area contributed by atoms with Crippen LogP contribution in [0.3, 0.4) is 0 Å². The minimum Gasteiger partial charge on any atom is -0.356 e. The summed E-state index contributed by atoms with van der Waals surface area (Å²) in [6, 6.07) is 12.3. The summed E-state index contributed by atoms with van der Waals surface area (Å²) in [6.07, 6.45) is 2.90. The van der Waals surface area contributed by atoms with Crippen LogP contribution < -0.4 is 5.32 Å². The molecule has 144 valence electrons. The molecule has 1 aromatic carbocycles. The third kappa shape index (κ3) is 5.94. The minimum absolute atomic E-state index is 0.805. The second-order valence-corrected chi connectivity index (χ2v) is 7.36. The Bertz CT molecular complexity index is 751. The number of nitrogens with zero attached hydrogens (tertiary/aromatic N) is 4. The highest BCUT2D eigenvalue weighted by Crippen LogP contribution is 2.14. The Hall–Kier alpha value is -2.11. The first-order valence-electron chi connectivity index (χ1n) is 9.48. The SMILES string of the molecule is CN=C(NCCc1ccc(C)nc1)N1CCN(Cc2cccc(Cl)c2)CC1. The van der Waals surface area contributed by atoms with Crippen LogP contribution in [0.5, 0.6) is 0 Å². The van der Waals surface area contributed by atoms with Gasteiger partial charge >= 0.3 is 0 Å². The van der Waals surface area contributed by atoms with Crippen molar-refractivity contribution in [3.8, 4) is 0 Å². The van der Waals surface area contributed by atoms with Crippen molar-refractivity contribution in [2.24, 2.45) is 4.99 Å². The van der Waals surface area contributed by atoms with Crippen LogP contribution in [0.2, 0.25) is 5.02 Å². The molecular weight excluding hydrogens is 358 g/mol. The molecule has 1 N–H and O–H groups in total. The van der Waals surface area contributed by atoms with E-state index in [-0.39, 0.29) is 0 Å². The molecule has 2 aromatic rings. The summed E-state index contributed by atoms with van der Waals surface area (Å²) >= 11 is 6.09. The number of benzene rings is 1. The number of piperazine rings is 1. The van der Waals surface area contributed by atoms with Gasteiger partial charge in [0.25, 0.3) is 0 Å². The molecule has 3 rings (SSSR count). The minimum atomic E-state index is 0.805. The normalized spacial score (nSPS) is 15.8. The highest BCUT2D eigenvalue weighted by Gasteiger charge is 2.19. The van der Waals surface area contributed by atoms with Gasteiger partial charge in [0.15, 0.2) is 5.96 Å². The molecule has 5 nitrogen and oxygen atoms in total. The standard InChI is InChI=1S/C21H28ClN5/c1-17-6-7-18(15-25-17)8-9-24-21(23-2)27-12-10-26(11-13-27)16-19-4-3-5-20(22)14-19/h3-7,14-15H,8-13,16H2,1-2H3,(H,23,24). The first kappa shape index (κ1) is 19.6. The van der Waals surface area contributed by atoms with E-state index in [0.29, 0.717) is 0 Å². The van der Waals surface area contributed by atoms with Gasteiger partial charge in [-0.3, -0.25) is 14.9 Å². The Balaban J connectivity index is 1.43. The lowest BCUT2D eigenvalue weighted by Gasteiger charge is -2.36. The van der Waals surface area contributed by atoms with Gasteiger partial charge in [-0.05, 0) is 42.7 Å². The van der Waals surface area contributed by atoms with E-state index >= 15 is 0 Å². The highest BCUT2D eigenvalue weighted by molar-refractivity contribution is 6.30. The molecule has 1 aromatic heterocycles. The molecular formula is C21H28ClN5. The van der Waals surface area contributed by atoms with Gasteiger partial charge in [0.05, 0.1) is 0 Å². The van der Waals surface area contributed by atoms with E-state index in [4.69, 9.17) is 11.6 Å². The number of hydrogen-bond donors (Lipinski definition) is 1. The molecule has 0 saturated carbocycles. The fourth-order valence-corrected chi connectivity index (χ4v) is 3.52. The van der Waals surface area contributed by atoms with E-state index in [2.05, 4.69) is 43.3 Å². The van der Waals surface area contributed by atoms with Gasteiger partial charge in [-0.15, -0.1) is 0 Å². The van der Waals surface area contributed by atoms with Crippen LogP contribution in [-0.2, 0) is 13.0 Å². The maximum atomic E-state index is 6.09. The van der Waals surface area contributed by atoms with Crippen molar-refractivity contribution in [2.75, 3.05) is 39.8 Å². The number of aryl methyl sites for hydroxylation is 1. The lowest BCUT2D eigenvalue weighted by atomic mass is 10.2. The van der Waals surface area contributed by atoms with Crippen molar-refractivity contribution in [3.05, 3.63) is 64.4 Å². The zero-order valence-corrected chi connectivity index (χ0v) is 16.9. The third-order valence-electron chi connectivity index (χ3n) is 4.85. The van der Waals surface area contributed by atoms with Gasteiger partial charge in [-0.1, -0.05) is 29.8 Å². The monoisotopic (exact) mass is 385 g/mol. The molecule has 1 saturated heterocycles. The zero-order chi connectivity index (χ0) is 19.1. The van der Waals surface area contributed by atoms with Gasteiger partial charge in [-0.2, -0.15) is 0 Å². The smallest absolute Gasteiger partial charge is 0.193 e. The van der Waals surface area contributed by atoms with Gasteiger partial charge in [0.1, 0.15) is 0 Å². The lowest BCUT2D eigenvalue weighted by molar-refractivity contribution is 0.172. The average Bonchev–Trinajstić information content (AvgIpc) is 2.68. The quantitative estimate of drug-likeness (QED) is 0.634. The number of nitrogens with one attached hydrogen (secondary N) is 1. The maximum absolute atomic E-state index is 6.09. The summed E-state index contributed by atoms with van der Waals surface area (Å²) in [6.45, 7) is 7.82. The molecule has 27 heavy (non-hydrogen) atoms. The highest BCUT2D eigenvalue weighted by atomic mass is 35.5. The summed E-state index contributed by atoms with van der Waals surface area (Å²) in [5.74, 6) is 0.984. The summed E-state index contributed by atoms with van der Waals surface area (Å²) in [5.41, 5.74) is 3.57. The van der Waals surface area contributed by atoms with Crippen molar-refractivity contribution in [1.29, 1.82) is 0 Å². The average molecular weight is 386 g/mol. The number of rotatable bonds is 5. The Morgan fingerprint density at radius 1 is 1.15 bits per heavy atom. The summed E-state index contributed by atoms with van der Waals surface area (Å²) in [5, 5.41) is 4.29. The number of pyridine rings is 1. The van der Waals surface area contributed by atoms with Crippen molar-refractivity contribution >= 4 is 17.6 Å². The number of hydrogen-bond acceptors (Lipinski definition) is 3. The van der Waals surface area contributed by atoms with E-state index < -0.39 is 0 Å². The molecule has 0 atom stereocenters. The van der Waals surface area contributed by atoms with Gasteiger partial charge in [0.2, 0.25) is 0 Å². The zero-order valence-electron chi connectivity index (χ0n) is 16.2. The molecule has 6 heteroatoms. The fourth-order valence-electron chi connectivity index (χ4n) is 3.31. The van der Waals surface area contributed by atoms with E-state index in [1.807, 2.05) is 38.4 Å². The van der Waals surface area contributed by atoms with Crippen LogP contribution in [0.1, 0.15) is 16.8 Å². The molecule has 0 unspecified atom stereocenters. The molecule has 0 spiro atoms. The molecule has 1 aliphatic rings. The maximum Gasteiger partial charge on any atom is 0.193 e. The molecule has 1 aliphatic heterocycles. The van der Waals surface area contributed by atoms with Crippen LogP contribution in [0, 0.1) is 6.92 Å². The van der Waals surface area contributed by atoms with Gasteiger partial charge in [-0.25, -0.2) is 0 Å². The van der Waals surface area contributed by atoms with Crippen LogP contribution in [0.4, 0.5) is 0 Å². The molecule has 0 amide bonds. The van der Waals surface area contributed by atoms with E-state index in [0.717, 1.165) is 62.4 Å². The van der Waals surface area contributed by atoms with Crippen molar-refractivity contribution < 1.29 is 0 Å². The Morgan fingerprint density at radius 2 is 1.96 bits per heavy atom. The summed E-state index contributed by atoms with van der Waals surface area (Å²) in [7, 11) is 1.86. The fraction of sp³-hybridized carbons (Fsp3) is 0.429. The topological polar surface area (TPSA) is 43.8 Å². The van der Waals surface area contributed by atoms with Gasteiger partial charge in [0, 0.05) is 63.2 Å². The van der Waals surface area contributed by atoms with Crippen molar-refractivity contribution in [2.45, 2.75) is 19.9 Å². The lowest BCUT2D eigenvalue weighted by Crippen LogP contribution is -2.52. The first-order chi connectivity index (χ1) is 13.1. The van der Waals surface area contributed by atoms with Crippen LogP contribution in [0.15, 0.2) is 47.6 Å². The number of halogens is 1. The molecule has 0 aliphatic carbocycles. The predicted octanol–water partition coefficient (Wildman–Crippen LogP) is 2.98. The van der Waals surface area contributed by atoms with Crippen molar-refractivity contribution in [1.82, 2.24) is 20.1 Å². The molecule has 0 bridgehead atoms. The number of guanidine groups is 1. The van der Waals surface area contributed by atoms with Gasteiger partial charge < -0.3 is 10.2 Å². The molecule has 2 heterocycles. The summed E-state index contributed by atoms with van der Waals surface area (Å²) in [4.78, 5) is 13.6. The van der Waals surface area contributed by atoms with E-state index in [1.54, 1.807) is 0 Å². The number of aliphatic imine (C=N–C) groups is 1. The number of aromatic nitrogens is 1. The Labute approximate surface area is 167 Å². The third-order valence-corrected chi connectivity index (χ3v) is 5.08. The summed E-state index contributed by atoms with van der Waals surface area (Å²) < 4.78 is 0. The van der Waals surface area contributed by atoms with E-state index in [1.165, 1.54) is 11.1 Å². The molecule has 0 radical (unpaired) electrons. The Kier molecular flexibility index (Phi) is 7.07. The molecule has 1 fully saturated rings. The predicted molar refractivity (Wildman–Crippen MR) is 112 cm³/mol. The Morgan fingerprint density at radius 3 is 2.63 bits per heavy atom. The first-order valence-corrected chi connectivity index (χ1v) is 9.86. The largest absolute Gasteiger partial charge is 0.356 e. The van der Waals surface area contributed by atoms with E-state index in [9.17, 15) is 0 Å². The van der Waals surface area contributed by atoms with Crippen molar-refractivity contribution in [3.63, 3.8) is 0 Å². The van der Waals surface area contributed by atoms with Crippen LogP contribution >= 0.6 is 11.6 Å². The second-order valence-electron chi connectivity index (χ2n) is 6.92. The van der Waals surface area contributed by atoms with Crippen LogP contribution in [0.25, 0.3) is 0 Å². The second kappa shape index (κ2) is 9.72. The van der Waals surface area contributed by atoms with Crippen LogP contribution in [-0.4, -0.2) is 60.5 Å².